The second-order valence-electron chi connectivity index (χ2n) is 7.62. The largest absolute Gasteiger partial charge is 0.457 e. The van der Waals surface area contributed by atoms with Gasteiger partial charge in [-0.3, -0.25) is 9.59 Å². The van der Waals surface area contributed by atoms with Crippen molar-refractivity contribution in [2.75, 3.05) is 18.5 Å². The van der Waals surface area contributed by atoms with Gasteiger partial charge in [0.2, 0.25) is 5.91 Å². The lowest BCUT2D eigenvalue weighted by molar-refractivity contribution is -0.126. The average Bonchev–Trinajstić information content (AvgIpc) is 2.79. The fraction of sp³-hybridized carbons (Fsp3) is 0.192. The molecule has 0 aliphatic rings. The van der Waals surface area contributed by atoms with Crippen LogP contribution in [-0.2, 0) is 14.3 Å². The van der Waals surface area contributed by atoms with Crippen molar-refractivity contribution in [1.29, 1.82) is 0 Å². The predicted octanol–water partition coefficient (Wildman–Crippen LogP) is 4.32. The Morgan fingerprint density at radius 3 is 2.15 bits per heavy atom. The van der Waals surface area contributed by atoms with E-state index in [9.17, 15) is 14.4 Å². The van der Waals surface area contributed by atoms with Crippen LogP contribution < -0.4 is 15.4 Å². The summed E-state index contributed by atoms with van der Waals surface area (Å²) in [7, 11) is 0. The van der Waals surface area contributed by atoms with Gasteiger partial charge in [-0.2, -0.15) is 0 Å². The molecule has 0 aromatic heterocycles. The molecule has 0 fully saturated rings. The van der Waals surface area contributed by atoms with Gasteiger partial charge in [-0.1, -0.05) is 42.0 Å². The Labute approximate surface area is 192 Å². The first-order chi connectivity index (χ1) is 15.8. The zero-order valence-electron chi connectivity index (χ0n) is 18.8. The van der Waals surface area contributed by atoms with Crippen LogP contribution in [-0.4, -0.2) is 30.9 Å². The molecule has 0 spiro atoms. The molecular weight excluding hydrogens is 420 g/mol. The fourth-order valence-corrected chi connectivity index (χ4v) is 3.32. The molecule has 33 heavy (non-hydrogen) atoms. The van der Waals surface area contributed by atoms with Crippen molar-refractivity contribution >= 4 is 23.5 Å². The lowest BCUT2D eigenvalue weighted by Gasteiger charge is -2.13. The molecule has 3 aromatic rings. The topological polar surface area (TPSA) is 93.7 Å². The van der Waals surface area contributed by atoms with Crippen LogP contribution in [0.4, 0.5) is 5.69 Å². The third-order valence-corrected chi connectivity index (χ3v) is 4.77. The van der Waals surface area contributed by atoms with Crippen molar-refractivity contribution in [3.63, 3.8) is 0 Å². The average molecular weight is 447 g/mol. The van der Waals surface area contributed by atoms with Gasteiger partial charge in [-0.05, 0) is 62.2 Å². The molecule has 0 atom stereocenters. The number of carbonyl (C=O) groups excluding carboxylic acids is 3. The second-order valence-corrected chi connectivity index (χ2v) is 7.62. The van der Waals surface area contributed by atoms with Gasteiger partial charge in [-0.25, -0.2) is 4.79 Å². The highest BCUT2D eigenvalue weighted by molar-refractivity contribution is 5.96. The molecule has 2 amide bonds. The number of hydrogen-bond acceptors (Lipinski definition) is 5. The molecule has 2 N–H and O–H groups in total. The van der Waals surface area contributed by atoms with Gasteiger partial charge in [0.15, 0.2) is 6.61 Å². The van der Waals surface area contributed by atoms with Crippen LogP contribution in [0, 0.1) is 20.8 Å². The number of aryl methyl sites for hydroxylation is 3. The van der Waals surface area contributed by atoms with Crippen LogP contribution in [0.2, 0.25) is 0 Å². The quantitative estimate of drug-likeness (QED) is 0.503. The molecule has 0 saturated heterocycles. The van der Waals surface area contributed by atoms with Crippen LogP contribution in [0.15, 0.2) is 66.7 Å². The van der Waals surface area contributed by atoms with E-state index in [-0.39, 0.29) is 18.0 Å². The first-order valence-electron chi connectivity index (χ1n) is 10.5. The molecule has 0 bridgehead atoms. The van der Waals surface area contributed by atoms with Gasteiger partial charge >= 0.3 is 5.97 Å². The van der Waals surface area contributed by atoms with E-state index in [1.165, 1.54) is 6.07 Å². The van der Waals surface area contributed by atoms with Crippen LogP contribution in [0.3, 0.4) is 0 Å². The normalized spacial score (nSPS) is 10.3. The maximum Gasteiger partial charge on any atom is 0.338 e. The minimum Gasteiger partial charge on any atom is -0.457 e. The summed E-state index contributed by atoms with van der Waals surface area (Å²) in [6.07, 6.45) is 0. The number of ether oxygens (including phenoxy) is 2. The first kappa shape index (κ1) is 23.5. The maximum absolute atomic E-state index is 12.3. The number of esters is 1. The van der Waals surface area contributed by atoms with Crippen LogP contribution in [0.25, 0.3) is 0 Å². The molecule has 3 aromatic carbocycles. The van der Waals surface area contributed by atoms with Crippen LogP contribution >= 0.6 is 0 Å². The lowest BCUT2D eigenvalue weighted by Crippen LogP contribution is -2.35. The molecule has 0 aliphatic carbocycles. The summed E-state index contributed by atoms with van der Waals surface area (Å²) in [4.78, 5) is 36.5. The maximum atomic E-state index is 12.3. The summed E-state index contributed by atoms with van der Waals surface area (Å²) in [5, 5.41) is 5.25. The van der Waals surface area contributed by atoms with Crippen molar-refractivity contribution in [3.05, 3.63) is 89.0 Å². The van der Waals surface area contributed by atoms with E-state index in [1.807, 2.05) is 51.1 Å². The zero-order chi connectivity index (χ0) is 23.8. The Balaban J connectivity index is 1.46. The van der Waals surface area contributed by atoms with Gasteiger partial charge in [0.25, 0.3) is 5.91 Å². The number of amides is 2. The Bertz CT molecular complexity index is 1140. The van der Waals surface area contributed by atoms with Crippen LogP contribution in [0.1, 0.15) is 27.0 Å². The van der Waals surface area contributed by atoms with E-state index in [2.05, 4.69) is 10.6 Å². The summed E-state index contributed by atoms with van der Waals surface area (Å²) >= 11 is 0. The van der Waals surface area contributed by atoms with E-state index < -0.39 is 18.5 Å². The highest BCUT2D eigenvalue weighted by atomic mass is 16.5. The molecule has 0 aliphatic heterocycles. The van der Waals surface area contributed by atoms with E-state index >= 15 is 0 Å². The third kappa shape index (κ3) is 6.93. The molecule has 7 nitrogen and oxygen atoms in total. The second kappa shape index (κ2) is 10.9. The Morgan fingerprint density at radius 1 is 0.788 bits per heavy atom. The molecule has 3 rings (SSSR count). The van der Waals surface area contributed by atoms with Crippen molar-refractivity contribution in [1.82, 2.24) is 5.32 Å². The monoisotopic (exact) mass is 446 g/mol. The third-order valence-electron chi connectivity index (χ3n) is 4.77. The minimum absolute atomic E-state index is 0.233. The molecule has 0 radical (unpaired) electrons. The van der Waals surface area contributed by atoms with Gasteiger partial charge in [0, 0.05) is 5.69 Å². The summed E-state index contributed by atoms with van der Waals surface area (Å²) in [6.45, 7) is 5.07. The summed E-state index contributed by atoms with van der Waals surface area (Å²) < 4.78 is 10.8. The smallest absolute Gasteiger partial charge is 0.338 e. The van der Waals surface area contributed by atoms with Gasteiger partial charge in [0.05, 0.1) is 12.1 Å². The van der Waals surface area contributed by atoms with Gasteiger partial charge in [0.1, 0.15) is 11.5 Å². The first-order valence-corrected chi connectivity index (χ1v) is 10.5. The highest BCUT2D eigenvalue weighted by Gasteiger charge is 2.13. The number of benzene rings is 3. The number of para-hydroxylation sites is 1. The molecular formula is C26H26N2O5. The van der Waals surface area contributed by atoms with Gasteiger partial charge < -0.3 is 20.1 Å². The number of carbonyl (C=O) groups is 3. The molecule has 0 unspecified atom stereocenters. The van der Waals surface area contributed by atoms with Crippen molar-refractivity contribution in [3.8, 4) is 11.5 Å². The Morgan fingerprint density at radius 2 is 1.45 bits per heavy atom. The van der Waals surface area contributed by atoms with Gasteiger partial charge in [-0.15, -0.1) is 0 Å². The Kier molecular flexibility index (Phi) is 7.81. The summed E-state index contributed by atoms with van der Waals surface area (Å²) in [6, 6.07) is 19.6. The highest BCUT2D eigenvalue weighted by Crippen LogP contribution is 2.23. The van der Waals surface area contributed by atoms with E-state index in [1.54, 1.807) is 30.3 Å². The number of nitrogens with one attached hydrogen (secondary N) is 2. The Hall–Kier alpha value is -4.13. The molecule has 0 heterocycles. The predicted molar refractivity (Wildman–Crippen MR) is 126 cm³/mol. The fourth-order valence-electron chi connectivity index (χ4n) is 3.32. The molecule has 0 saturated carbocycles. The molecule has 7 heteroatoms. The number of rotatable bonds is 8. The SMILES string of the molecule is Cc1cc(C)c(NC(=O)CNC(=O)COC(=O)c2cccc(Oc3ccccc3)c2)c(C)c1. The summed E-state index contributed by atoms with van der Waals surface area (Å²) in [5.74, 6) is -0.503. The van der Waals surface area contributed by atoms with Crippen molar-refractivity contribution in [2.24, 2.45) is 0 Å². The molecule has 170 valence electrons. The van der Waals surface area contributed by atoms with E-state index in [4.69, 9.17) is 9.47 Å². The summed E-state index contributed by atoms with van der Waals surface area (Å²) in [5.41, 5.74) is 3.97. The van der Waals surface area contributed by atoms with Crippen molar-refractivity contribution < 1.29 is 23.9 Å². The number of anilines is 1. The minimum atomic E-state index is -0.668. The lowest BCUT2D eigenvalue weighted by atomic mass is 10.1. The zero-order valence-corrected chi connectivity index (χ0v) is 18.8. The van der Waals surface area contributed by atoms with Crippen molar-refractivity contribution in [2.45, 2.75) is 20.8 Å². The van der Waals surface area contributed by atoms with E-state index in [0.29, 0.717) is 11.5 Å². The standard InChI is InChI=1S/C26H26N2O5/c1-17-12-18(2)25(19(3)13-17)28-23(29)15-27-24(30)16-32-26(31)20-8-7-11-22(14-20)33-21-9-5-4-6-10-21/h4-14H,15-16H2,1-3H3,(H,27,30)(H,28,29). The van der Waals surface area contributed by atoms with E-state index in [0.717, 1.165) is 22.4 Å². The number of hydrogen-bond donors (Lipinski definition) is 2. The van der Waals surface area contributed by atoms with Crippen LogP contribution in [0.5, 0.6) is 11.5 Å².